The van der Waals surface area contributed by atoms with Crippen molar-refractivity contribution < 1.29 is 54.0 Å². The SMILES string of the molecule is NC(N)=NCCCC(NC(=O)C(CC(=O)O)NC(=O)C(CC(=O)O)NC(=O)C(N)CC(=O)O)C(=O)O. The van der Waals surface area contributed by atoms with Crippen LogP contribution in [0.3, 0.4) is 0 Å². The number of hydrogen-bond acceptors (Lipinski definition) is 9. The van der Waals surface area contributed by atoms with E-state index in [1.54, 1.807) is 0 Å². The normalized spacial score (nSPS) is 13.7. The van der Waals surface area contributed by atoms with E-state index in [4.69, 9.17) is 32.5 Å². The molecular formula is C18H29N7O11. The molecule has 0 aliphatic rings. The topological polar surface area (TPSA) is 327 Å². The highest BCUT2D eigenvalue weighted by atomic mass is 16.4. The van der Waals surface area contributed by atoms with Crippen LogP contribution in [-0.2, 0) is 33.6 Å². The van der Waals surface area contributed by atoms with Crippen LogP contribution in [0, 0.1) is 0 Å². The Morgan fingerprint density at radius 3 is 1.47 bits per heavy atom. The molecule has 0 heterocycles. The summed E-state index contributed by atoms with van der Waals surface area (Å²) in [4.78, 5) is 85.2. The van der Waals surface area contributed by atoms with Gasteiger partial charge in [0.2, 0.25) is 17.7 Å². The Labute approximate surface area is 203 Å². The summed E-state index contributed by atoms with van der Waals surface area (Å²) in [6, 6.07) is -6.88. The molecule has 0 aromatic heterocycles. The number of nitrogens with two attached hydrogens (primary N) is 3. The molecule has 0 fully saturated rings. The first-order valence-electron chi connectivity index (χ1n) is 10.2. The van der Waals surface area contributed by atoms with Gasteiger partial charge in [-0.25, -0.2) is 4.79 Å². The van der Waals surface area contributed by atoms with E-state index in [-0.39, 0.29) is 25.3 Å². The van der Waals surface area contributed by atoms with Crippen LogP contribution in [0.5, 0.6) is 0 Å². The van der Waals surface area contributed by atoms with E-state index >= 15 is 0 Å². The summed E-state index contributed by atoms with van der Waals surface area (Å²) in [6.07, 6.45) is -2.93. The molecule has 18 nitrogen and oxygen atoms in total. The molecule has 4 atom stereocenters. The number of nitrogens with one attached hydrogen (secondary N) is 3. The van der Waals surface area contributed by atoms with Crippen LogP contribution in [0.4, 0.5) is 0 Å². The average Bonchev–Trinajstić information content (AvgIpc) is 2.73. The molecular weight excluding hydrogens is 490 g/mol. The lowest BCUT2D eigenvalue weighted by Gasteiger charge is -2.23. The molecule has 0 aliphatic carbocycles. The van der Waals surface area contributed by atoms with Gasteiger partial charge in [-0.1, -0.05) is 0 Å². The first-order valence-corrected chi connectivity index (χ1v) is 10.2. The van der Waals surface area contributed by atoms with Crippen molar-refractivity contribution in [3.63, 3.8) is 0 Å². The van der Waals surface area contributed by atoms with Gasteiger partial charge in [-0.2, -0.15) is 0 Å². The molecule has 0 rings (SSSR count). The van der Waals surface area contributed by atoms with Crippen molar-refractivity contribution >= 4 is 47.6 Å². The maximum absolute atomic E-state index is 12.6. The predicted octanol–water partition coefficient (Wildman–Crippen LogP) is -4.67. The van der Waals surface area contributed by atoms with Crippen molar-refractivity contribution in [3.05, 3.63) is 0 Å². The summed E-state index contributed by atoms with van der Waals surface area (Å²) < 4.78 is 0. The third kappa shape index (κ3) is 13.3. The highest BCUT2D eigenvalue weighted by Gasteiger charge is 2.32. The first kappa shape index (κ1) is 31.5. The van der Waals surface area contributed by atoms with Gasteiger partial charge in [0.1, 0.15) is 18.1 Å². The van der Waals surface area contributed by atoms with Crippen LogP contribution in [0.15, 0.2) is 4.99 Å². The lowest BCUT2D eigenvalue weighted by Crippen LogP contribution is -2.58. The molecule has 13 N–H and O–H groups in total. The Morgan fingerprint density at radius 2 is 1.08 bits per heavy atom. The molecule has 0 aliphatic heterocycles. The number of carboxylic acid groups (broad SMARTS) is 4. The summed E-state index contributed by atoms with van der Waals surface area (Å²) in [5.41, 5.74) is 15.7. The van der Waals surface area contributed by atoms with Gasteiger partial charge in [0.05, 0.1) is 25.3 Å². The third-order valence-electron chi connectivity index (χ3n) is 4.31. The van der Waals surface area contributed by atoms with Crippen LogP contribution < -0.4 is 33.2 Å². The molecule has 0 saturated heterocycles. The average molecular weight is 519 g/mol. The van der Waals surface area contributed by atoms with Gasteiger partial charge in [-0.15, -0.1) is 0 Å². The Bertz CT molecular complexity index is 889. The summed E-state index contributed by atoms with van der Waals surface area (Å²) in [5.74, 6) is -10.0. The second-order valence-corrected chi connectivity index (χ2v) is 7.37. The van der Waals surface area contributed by atoms with E-state index in [9.17, 15) is 38.7 Å². The van der Waals surface area contributed by atoms with Crippen LogP contribution in [0.2, 0.25) is 0 Å². The molecule has 18 heteroatoms. The standard InChI is InChI=1S/C18H29N7O11/c19-7(4-11(26)27)14(32)24-9(5-12(28)29)16(34)25-10(6-13(30)31)15(33)23-8(17(35)36)2-1-3-22-18(20)21/h7-10H,1-6,19H2,(H,23,33)(H,24,32)(H,25,34)(H,26,27)(H,28,29)(H,30,31)(H,35,36)(H4,20,21,22). The second kappa shape index (κ2) is 15.4. The van der Waals surface area contributed by atoms with Crippen molar-refractivity contribution in [2.24, 2.45) is 22.2 Å². The minimum Gasteiger partial charge on any atom is -0.481 e. The number of aliphatic imine (C=N–C) groups is 1. The molecule has 3 amide bonds. The number of hydrogen-bond donors (Lipinski definition) is 10. The van der Waals surface area contributed by atoms with E-state index in [1.165, 1.54) is 0 Å². The Hall–Kier alpha value is -4.48. The number of aliphatic carboxylic acids is 4. The molecule has 4 unspecified atom stereocenters. The fourth-order valence-corrected chi connectivity index (χ4v) is 2.63. The number of rotatable bonds is 17. The smallest absolute Gasteiger partial charge is 0.326 e. The van der Waals surface area contributed by atoms with E-state index in [0.29, 0.717) is 0 Å². The zero-order valence-electron chi connectivity index (χ0n) is 18.9. The third-order valence-corrected chi connectivity index (χ3v) is 4.31. The van der Waals surface area contributed by atoms with Crippen molar-refractivity contribution in [1.29, 1.82) is 0 Å². The largest absolute Gasteiger partial charge is 0.481 e. The highest BCUT2D eigenvalue weighted by Crippen LogP contribution is 2.03. The van der Waals surface area contributed by atoms with E-state index in [1.807, 2.05) is 10.6 Å². The van der Waals surface area contributed by atoms with Gasteiger partial charge in [-0.3, -0.25) is 33.8 Å². The minimum atomic E-state index is -1.87. The number of carbonyl (C=O) groups excluding carboxylic acids is 3. The monoisotopic (exact) mass is 519 g/mol. The molecule has 0 spiro atoms. The molecule has 0 saturated carbocycles. The van der Waals surface area contributed by atoms with Crippen LogP contribution in [-0.4, -0.2) is 98.7 Å². The van der Waals surface area contributed by atoms with Crippen molar-refractivity contribution in [3.8, 4) is 0 Å². The quantitative estimate of drug-likeness (QED) is 0.0490. The molecule has 0 aromatic carbocycles. The lowest BCUT2D eigenvalue weighted by molar-refractivity contribution is -0.145. The predicted molar refractivity (Wildman–Crippen MR) is 118 cm³/mol. The number of amides is 3. The van der Waals surface area contributed by atoms with Crippen LogP contribution in [0.25, 0.3) is 0 Å². The second-order valence-electron chi connectivity index (χ2n) is 7.37. The number of nitrogens with zero attached hydrogens (tertiary/aromatic N) is 1. The number of carboxylic acids is 4. The summed E-state index contributed by atoms with van der Waals surface area (Å²) in [6.45, 7) is 0.0395. The van der Waals surface area contributed by atoms with E-state index in [2.05, 4.69) is 10.3 Å². The van der Waals surface area contributed by atoms with Crippen LogP contribution in [0.1, 0.15) is 32.1 Å². The zero-order valence-corrected chi connectivity index (χ0v) is 18.9. The van der Waals surface area contributed by atoms with Gasteiger partial charge in [-0.05, 0) is 12.8 Å². The van der Waals surface area contributed by atoms with Crippen molar-refractivity contribution in [2.75, 3.05) is 6.54 Å². The lowest BCUT2D eigenvalue weighted by atomic mass is 10.1. The fourth-order valence-electron chi connectivity index (χ4n) is 2.63. The number of guanidine groups is 1. The maximum atomic E-state index is 12.6. The van der Waals surface area contributed by atoms with Crippen molar-refractivity contribution in [2.45, 2.75) is 56.3 Å². The van der Waals surface area contributed by atoms with Gasteiger partial charge in [0.25, 0.3) is 0 Å². The van der Waals surface area contributed by atoms with Gasteiger partial charge in [0, 0.05) is 6.54 Å². The summed E-state index contributed by atoms with van der Waals surface area (Å²) in [7, 11) is 0. The summed E-state index contributed by atoms with van der Waals surface area (Å²) in [5, 5.41) is 42.0. The van der Waals surface area contributed by atoms with Gasteiger partial charge in [0.15, 0.2) is 5.96 Å². The molecule has 0 radical (unpaired) electrons. The molecule has 36 heavy (non-hydrogen) atoms. The van der Waals surface area contributed by atoms with Gasteiger partial charge >= 0.3 is 23.9 Å². The Kier molecular flexibility index (Phi) is 13.5. The van der Waals surface area contributed by atoms with Crippen LogP contribution >= 0.6 is 0 Å². The minimum absolute atomic E-state index is 0.0395. The van der Waals surface area contributed by atoms with E-state index in [0.717, 1.165) is 0 Å². The maximum Gasteiger partial charge on any atom is 0.326 e. The Balaban J connectivity index is 5.52. The summed E-state index contributed by atoms with van der Waals surface area (Å²) >= 11 is 0. The van der Waals surface area contributed by atoms with Gasteiger partial charge < -0.3 is 53.6 Å². The molecule has 0 bridgehead atoms. The Morgan fingerprint density at radius 1 is 0.667 bits per heavy atom. The fraction of sp³-hybridized carbons (Fsp3) is 0.556. The number of carbonyl (C=O) groups is 7. The highest BCUT2D eigenvalue weighted by molar-refractivity contribution is 5.97. The molecule has 202 valence electrons. The molecule has 0 aromatic rings. The van der Waals surface area contributed by atoms with E-state index < -0.39 is 85.0 Å². The first-order chi connectivity index (χ1) is 16.6. The van der Waals surface area contributed by atoms with Crippen molar-refractivity contribution in [1.82, 2.24) is 16.0 Å². The zero-order chi connectivity index (χ0) is 28.0.